The van der Waals surface area contributed by atoms with Crippen molar-refractivity contribution in [3.63, 3.8) is 0 Å². The lowest BCUT2D eigenvalue weighted by molar-refractivity contribution is 0.305. The second-order valence-corrected chi connectivity index (χ2v) is 7.04. The third kappa shape index (κ3) is 4.40. The number of aromatic nitrogens is 4. The van der Waals surface area contributed by atoms with Gasteiger partial charge in [-0.25, -0.2) is 4.68 Å². The molecule has 3 atom stereocenters. The van der Waals surface area contributed by atoms with Crippen LogP contribution >= 0.6 is 0 Å². The van der Waals surface area contributed by atoms with Crippen LogP contribution < -0.4 is 15.8 Å². The third-order valence-electron chi connectivity index (χ3n) is 5.19. The number of tetrazole rings is 1. The Morgan fingerprint density at radius 3 is 2.73 bits per heavy atom. The molecule has 3 rings (SSSR count). The Morgan fingerprint density at radius 1 is 1.27 bits per heavy atom. The van der Waals surface area contributed by atoms with Crippen molar-refractivity contribution in [2.24, 2.45) is 5.73 Å². The molecule has 0 amide bonds. The molecule has 1 aliphatic carbocycles. The van der Waals surface area contributed by atoms with Crippen LogP contribution in [0.15, 0.2) is 24.3 Å². The highest BCUT2D eigenvalue weighted by molar-refractivity contribution is 5.32. The van der Waals surface area contributed by atoms with Gasteiger partial charge in [0, 0.05) is 18.6 Å². The lowest BCUT2D eigenvalue weighted by Crippen LogP contribution is -2.48. The van der Waals surface area contributed by atoms with Crippen molar-refractivity contribution < 1.29 is 4.74 Å². The van der Waals surface area contributed by atoms with Gasteiger partial charge < -0.3 is 10.5 Å². The second kappa shape index (κ2) is 9.09. The zero-order valence-electron chi connectivity index (χ0n) is 15.8. The standard InChI is InChI=1S/C19H30N6O/c1-3-4-13-25-19(22-23-24-25)18(14-9-11-15(26-2)12-10-14)21-17-8-6-5-7-16(17)20/h9-12,16-18,21H,3-8,13,20H2,1-2H3. The van der Waals surface area contributed by atoms with Crippen molar-refractivity contribution in [3.05, 3.63) is 35.7 Å². The maximum absolute atomic E-state index is 6.38. The van der Waals surface area contributed by atoms with Crippen LogP contribution in [-0.4, -0.2) is 39.4 Å². The summed E-state index contributed by atoms with van der Waals surface area (Å²) in [5.74, 6) is 1.69. The SMILES string of the molecule is CCCCn1nnnc1C(NC1CCCCC1N)c1ccc(OC)cc1. The minimum Gasteiger partial charge on any atom is -0.497 e. The summed E-state index contributed by atoms with van der Waals surface area (Å²) in [6, 6.07) is 8.46. The average Bonchev–Trinajstić information content (AvgIpc) is 3.14. The molecule has 1 aliphatic rings. The van der Waals surface area contributed by atoms with Gasteiger partial charge in [-0.05, 0) is 47.4 Å². The number of ether oxygens (including phenoxy) is 1. The molecule has 0 radical (unpaired) electrons. The Hall–Kier alpha value is -1.99. The summed E-state index contributed by atoms with van der Waals surface area (Å²) in [6.45, 7) is 2.99. The number of nitrogens with two attached hydrogens (primary N) is 1. The van der Waals surface area contributed by atoms with Crippen LogP contribution in [-0.2, 0) is 6.54 Å². The van der Waals surface area contributed by atoms with Crippen LogP contribution in [0.25, 0.3) is 0 Å². The van der Waals surface area contributed by atoms with Crippen LogP contribution in [0.1, 0.15) is 62.9 Å². The van der Waals surface area contributed by atoms with Crippen LogP contribution in [0.5, 0.6) is 5.75 Å². The van der Waals surface area contributed by atoms with Gasteiger partial charge in [0.15, 0.2) is 5.82 Å². The molecule has 1 aromatic heterocycles. The number of aryl methyl sites for hydroxylation is 1. The first-order valence-electron chi connectivity index (χ1n) is 9.64. The first kappa shape index (κ1) is 18.8. The van der Waals surface area contributed by atoms with Crippen molar-refractivity contribution in [1.29, 1.82) is 0 Å². The van der Waals surface area contributed by atoms with Gasteiger partial charge in [0.05, 0.1) is 13.2 Å². The van der Waals surface area contributed by atoms with Crippen LogP contribution in [0, 0.1) is 0 Å². The predicted molar refractivity (Wildman–Crippen MR) is 101 cm³/mol. The lowest BCUT2D eigenvalue weighted by atomic mass is 9.89. The fourth-order valence-corrected chi connectivity index (χ4v) is 3.58. The number of unbranched alkanes of at least 4 members (excludes halogenated alkanes) is 1. The van der Waals surface area contributed by atoms with E-state index in [4.69, 9.17) is 10.5 Å². The van der Waals surface area contributed by atoms with E-state index in [1.54, 1.807) is 7.11 Å². The normalized spacial score (nSPS) is 21.5. The highest BCUT2D eigenvalue weighted by Crippen LogP contribution is 2.26. The quantitative estimate of drug-likeness (QED) is 0.753. The summed E-state index contributed by atoms with van der Waals surface area (Å²) in [4.78, 5) is 0. The largest absolute Gasteiger partial charge is 0.497 e. The van der Waals surface area contributed by atoms with Crippen molar-refractivity contribution in [2.75, 3.05) is 7.11 Å². The van der Waals surface area contributed by atoms with E-state index in [0.717, 1.165) is 49.4 Å². The molecular formula is C19H30N6O. The molecule has 3 N–H and O–H groups in total. The molecule has 0 aliphatic heterocycles. The van der Waals surface area contributed by atoms with Gasteiger partial charge in [-0.3, -0.25) is 5.32 Å². The molecule has 142 valence electrons. The summed E-state index contributed by atoms with van der Waals surface area (Å²) in [5.41, 5.74) is 7.50. The summed E-state index contributed by atoms with van der Waals surface area (Å²) >= 11 is 0. The zero-order chi connectivity index (χ0) is 18.4. The summed E-state index contributed by atoms with van der Waals surface area (Å²) in [7, 11) is 1.68. The van der Waals surface area contributed by atoms with E-state index in [-0.39, 0.29) is 18.1 Å². The molecule has 1 aromatic carbocycles. The van der Waals surface area contributed by atoms with E-state index < -0.39 is 0 Å². The molecule has 0 saturated heterocycles. The first-order valence-corrected chi connectivity index (χ1v) is 9.64. The smallest absolute Gasteiger partial charge is 0.172 e. The molecule has 1 heterocycles. The topological polar surface area (TPSA) is 90.9 Å². The second-order valence-electron chi connectivity index (χ2n) is 7.04. The van der Waals surface area contributed by atoms with E-state index in [1.165, 1.54) is 12.8 Å². The minimum atomic E-state index is -0.0816. The summed E-state index contributed by atoms with van der Waals surface area (Å²) in [5, 5.41) is 16.2. The fraction of sp³-hybridized carbons (Fsp3) is 0.632. The van der Waals surface area contributed by atoms with Crippen LogP contribution in [0.2, 0.25) is 0 Å². The summed E-state index contributed by atoms with van der Waals surface area (Å²) < 4.78 is 7.21. The molecule has 1 fully saturated rings. The van der Waals surface area contributed by atoms with Gasteiger partial charge >= 0.3 is 0 Å². The Labute approximate surface area is 155 Å². The molecule has 7 nitrogen and oxygen atoms in total. The lowest BCUT2D eigenvalue weighted by Gasteiger charge is -2.33. The Balaban J connectivity index is 1.88. The maximum atomic E-state index is 6.38. The highest BCUT2D eigenvalue weighted by atomic mass is 16.5. The number of rotatable bonds is 8. The van der Waals surface area contributed by atoms with Crippen LogP contribution in [0.3, 0.4) is 0 Å². The number of hydrogen-bond donors (Lipinski definition) is 2. The molecule has 26 heavy (non-hydrogen) atoms. The Kier molecular flexibility index (Phi) is 6.57. The van der Waals surface area contributed by atoms with Crippen molar-refractivity contribution in [3.8, 4) is 5.75 Å². The van der Waals surface area contributed by atoms with Gasteiger partial charge in [-0.2, -0.15) is 0 Å². The van der Waals surface area contributed by atoms with Gasteiger partial charge in [-0.15, -0.1) is 5.10 Å². The number of hydrogen-bond acceptors (Lipinski definition) is 6. The van der Waals surface area contributed by atoms with E-state index in [9.17, 15) is 0 Å². The highest BCUT2D eigenvalue weighted by Gasteiger charge is 2.28. The molecule has 0 spiro atoms. The number of nitrogens with zero attached hydrogens (tertiary/aromatic N) is 4. The van der Waals surface area contributed by atoms with E-state index in [0.29, 0.717) is 0 Å². The van der Waals surface area contributed by atoms with Gasteiger partial charge in [0.25, 0.3) is 0 Å². The molecule has 2 aromatic rings. The van der Waals surface area contributed by atoms with Crippen LogP contribution in [0.4, 0.5) is 0 Å². The monoisotopic (exact) mass is 358 g/mol. The molecule has 1 saturated carbocycles. The van der Waals surface area contributed by atoms with E-state index in [1.807, 2.05) is 16.8 Å². The maximum Gasteiger partial charge on any atom is 0.172 e. The van der Waals surface area contributed by atoms with Crippen molar-refractivity contribution >= 4 is 0 Å². The average molecular weight is 358 g/mol. The minimum absolute atomic E-state index is 0.0816. The number of nitrogens with one attached hydrogen (secondary N) is 1. The van der Waals surface area contributed by atoms with Crippen molar-refractivity contribution in [2.45, 2.75) is 70.1 Å². The predicted octanol–water partition coefficient (Wildman–Crippen LogP) is 2.43. The summed E-state index contributed by atoms with van der Waals surface area (Å²) in [6.07, 6.45) is 6.73. The van der Waals surface area contributed by atoms with E-state index in [2.05, 4.69) is 39.9 Å². The molecule has 3 unspecified atom stereocenters. The fourth-order valence-electron chi connectivity index (χ4n) is 3.58. The third-order valence-corrected chi connectivity index (χ3v) is 5.19. The van der Waals surface area contributed by atoms with E-state index >= 15 is 0 Å². The van der Waals surface area contributed by atoms with Crippen molar-refractivity contribution in [1.82, 2.24) is 25.5 Å². The zero-order valence-corrected chi connectivity index (χ0v) is 15.8. The number of benzene rings is 1. The number of methoxy groups -OCH3 is 1. The molecule has 0 bridgehead atoms. The molecule has 7 heteroatoms. The molecular weight excluding hydrogens is 328 g/mol. The Morgan fingerprint density at radius 2 is 2.04 bits per heavy atom. The first-order chi connectivity index (χ1) is 12.7. The van der Waals surface area contributed by atoms with Gasteiger partial charge in [0.1, 0.15) is 5.75 Å². The van der Waals surface area contributed by atoms with Gasteiger partial charge in [-0.1, -0.05) is 38.3 Å². The Bertz CT molecular complexity index is 671. The van der Waals surface area contributed by atoms with Gasteiger partial charge in [0.2, 0.25) is 0 Å².